The third-order valence-corrected chi connectivity index (χ3v) is 10.8. The number of oxime groups is 1. The first-order valence-corrected chi connectivity index (χ1v) is 17.0. The number of β-lactam (4-membered cyclic amide) rings is 1. The summed E-state index contributed by atoms with van der Waals surface area (Å²) in [5.74, 6) is -5.87. The highest BCUT2D eigenvalue weighted by Gasteiger charge is 2.55. The molecule has 1 aromatic carbocycles. The fourth-order valence-electron chi connectivity index (χ4n) is 6.13. The van der Waals surface area contributed by atoms with Crippen molar-refractivity contribution in [1.29, 1.82) is 0 Å². The molecule has 0 saturated carbocycles. The second-order valence-electron chi connectivity index (χ2n) is 11.5. The number of carboxylic acid groups (broad SMARTS) is 2. The number of fused-ring (bicyclic) bond motifs is 1. The van der Waals surface area contributed by atoms with E-state index in [0.29, 0.717) is 28.9 Å². The summed E-state index contributed by atoms with van der Waals surface area (Å²) in [5, 5.41) is 45.7. The number of anilines is 1. The number of thiazole rings is 1. The lowest BCUT2D eigenvalue weighted by Crippen LogP contribution is -2.63. The molecule has 0 bridgehead atoms. The molecule has 16 nitrogen and oxygen atoms in total. The number of carboxylic acids is 2. The Morgan fingerprint density at radius 1 is 1.19 bits per heavy atom. The molecular formula is C29H32ClN6O10S2+. The number of carbonyl (C=O) groups is 5. The number of quaternary nitrogens is 1. The number of benzene rings is 1. The second-order valence-corrected chi connectivity index (χ2v) is 13.9. The van der Waals surface area contributed by atoms with Crippen LogP contribution in [0.4, 0.5) is 5.13 Å². The number of aromatic nitrogens is 1. The maximum atomic E-state index is 13.4. The first-order chi connectivity index (χ1) is 22.8. The number of halogens is 1. The summed E-state index contributed by atoms with van der Waals surface area (Å²) in [5.41, 5.74) is 5.92. The van der Waals surface area contributed by atoms with Gasteiger partial charge in [-0.05, 0) is 12.1 Å². The molecule has 5 rings (SSSR count). The average Bonchev–Trinajstić information content (AvgIpc) is 3.69. The normalized spacial score (nSPS) is 20.2. The molecule has 2 unspecified atom stereocenters. The minimum absolute atomic E-state index is 0.00300. The van der Waals surface area contributed by atoms with Crippen molar-refractivity contribution in [2.75, 3.05) is 50.8 Å². The lowest BCUT2D eigenvalue weighted by molar-refractivity contribution is -0.911. The van der Waals surface area contributed by atoms with Crippen LogP contribution in [0.1, 0.15) is 35.3 Å². The standard InChI is InChI=1S/C29H31ClN6O10S2/c30-21-15(3-4-18(37)24(21)41)25(42)32-5-8-36(6-1-2-7-36)10-14-12-47-27-16(26(43)35(27)23(14)28(44)45)9-19(38)22(34-46-11-20(39)40)17-13-48-29(31)33-17/h3-4,13,16,27H,1-2,5-12H2,(H6-,31,32,33,34,37,38,39,40,41,42,44,45)/p+1. The van der Waals surface area contributed by atoms with Gasteiger partial charge in [0.2, 0.25) is 12.5 Å². The predicted octanol–water partition coefficient (Wildman–Crippen LogP) is 1.47. The van der Waals surface area contributed by atoms with Gasteiger partial charge in [-0.2, -0.15) is 0 Å². The number of ketones is 1. The molecule has 1 aromatic heterocycles. The maximum absolute atomic E-state index is 13.4. The molecule has 256 valence electrons. The van der Waals surface area contributed by atoms with Crippen molar-refractivity contribution in [3.8, 4) is 11.5 Å². The molecule has 3 aliphatic rings. The van der Waals surface area contributed by atoms with Crippen LogP contribution in [0.5, 0.6) is 11.5 Å². The van der Waals surface area contributed by atoms with E-state index in [-0.39, 0.29) is 45.8 Å². The highest BCUT2D eigenvalue weighted by molar-refractivity contribution is 8.00. The van der Waals surface area contributed by atoms with E-state index in [1.54, 1.807) is 0 Å². The number of hydrogen-bond acceptors (Lipinski definition) is 13. The molecule has 2 aromatic rings. The summed E-state index contributed by atoms with van der Waals surface area (Å²) in [4.78, 5) is 72.9. The predicted molar refractivity (Wildman–Crippen MR) is 174 cm³/mol. The molecule has 2 saturated heterocycles. The SMILES string of the molecule is Nc1nc(/C(=N\OCC(=O)O)C(=O)CC2C(=O)N3C(C(=O)O)=C(C[N+]4(CCNC(=O)c5ccc(O)c(O)c5Cl)CCCC4)CSC23)cs1. The highest BCUT2D eigenvalue weighted by atomic mass is 35.5. The minimum atomic E-state index is -1.31. The number of hydrogen-bond donors (Lipinski definition) is 6. The van der Waals surface area contributed by atoms with Crippen LogP contribution >= 0.6 is 34.7 Å². The molecule has 0 radical (unpaired) electrons. The van der Waals surface area contributed by atoms with Gasteiger partial charge in [0.15, 0.2) is 28.1 Å². The molecule has 2 atom stereocenters. The van der Waals surface area contributed by atoms with Gasteiger partial charge in [0, 0.05) is 36.0 Å². The van der Waals surface area contributed by atoms with Crippen LogP contribution in [0.25, 0.3) is 0 Å². The van der Waals surface area contributed by atoms with Crippen molar-refractivity contribution in [3.05, 3.63) is 45.1 Å². The summed E-state index contributed by atoms with van der Waals surface area (Å²) in [7, 11) is 0. The van der Waals surface area contributed by atoms with Gasteiger partial charge in [0.1, 0.15) is 17.9 Å². The molecule has 2 amide bonds. The van der Waals surface area contributed by atoms with Crippen LogP contribution in [0.2, 0.25) is 5.02 Å². The van der Waals surface area contributed by atoms with Crippen LogP contribution in [-0.2, 0) is 24.0 Å². The quantitative estimate of drug-likeness (QED) is 0.0533. The van der Waals surface area contributed by atoms with Crippen molar-refractivity contribution in [2.45, 2.75) is 24.6 Å². The lowest BCUT2D eigenvalue weighted by atomic mass is 9.89. The Labute approximate surface area is 286 Å². The Morgan fingerprint density at radius 2 is 1.92 bits per heavy atom. The monoisotopic (exact) mass is 723 g/mol. The van der Waals surface area contributed by atoms with Gasteiger partial charge in [-0.15, -0.1) is 23.1 Å². The van der Waals surface area contributed by atoms with Crippen molar-refractivity contribution in [2.24, 2.45) is 11.1 Å². The maximum Gasteiger partial charge on any atom is 0.352 e. The zero-order valence-corrected chi connectivity index (χ0v) is 27.6. The number of aromatic hydroxyl groups is 2. The third kappa shape index (κ3) is 7.20. The van der Waals surface area contributed by atoms with Gasteiger partial charge in [0.25, 0.3) is 5.91 Å². The number of thioether (sulfide) groups is 1. The fourth-order valence-corrected chi connectivity index (χ4v) is 8.33. The van der Waals surface area contributed by atoms with Crippen LogP contribution in [0, 0.1) is 5.92 Å². The summed E-state index contributed by atoms with van der Waals surface area (Å²) >= 11 is 8.42. The molecular weight excluding hydrogens is 692 g/mol. The summed E-state index contributed by atoms with van der Waals surface area (Å²) in [6, 6.07) is 2.46. The van der Waals surface area contributed by atoms with E-state index >= 15 is 0 Å². The molecule has 4 heterocycles. The van der Waals surface area contributed by atoms with Crippen LogP contribution < -0.4 is 11.1 Å². The Kier molecular flexibility index (Phi) is 10.5. The van der Waals surface area contributed by atoms with Gasteiger partial charge >= 0.3 is 11.9 Å². The number of phenolic OH excluding ortho intramolecular Hbond substituents is 2. The van der Waals surface area contributed by atoms with E-state index in [4.69, 9.17) is 27.3 Å². The van der Waals surface area contributed by atoms with E-state index in [2.05, 4.69) is 15.5 Å². The van der Waals surface area contributed by atoms with Gasteiger partial charge in [-0.3, -0.25) is 19.3 Å². The number of nitrogens with one attached hydrogen (secondary N) is 1. The number of likely N-dealkylation sites (tertiary alicyclic amines) is 1. The molecule has 0 aliphatic carbocycles. The first kappa shape index (κ1) is 34.9. The zero-order chi connectivity index (χ0) is 34.7. The van der Waals surface area contributed by atoms with Crippen LogP contribution in [-0.4, -0.2) is 120 Å². The Hall–Kier alpha value is -4.39. The van der Waals surface area contributed by atoms with Crippen molar-refractivity contribution in [3.63, 3.8) is 0 Å². The number of nitrogen functional groups attached to an aromatic ring is 1. The number of Topliss-reactive ketones (excluding diaryl/α,β-unsaturated/α-hetero) is 1. The van der Waals surface area contributed by atoms with Gasteiger partial charge in [-0.1, -0.05) is 16.8 Å². The van der Waals surface area contributed by atoms with Gasteiger partial charge in [-0.25, -0.2) is 14.6 Å². The van der Waals surface area contributed by atoms with E-state index in [1.165, 1.54) is 28.1 Å². The Balaban J connectivity index is 1.28. The molecule has 19 heteroatoms. The third-order valence-electron chi connectivity index (χ3n) is 8.39. The van der Waals surface area contributed by atoms with Crippen molar-refractivity contribution >= 4 is 75.1 Å². The van der Waals surface area contributed by atoms with E-state index < -0.39 is 58.9 Å². The second kappa shape index (κ2) is 14.4. The number of amides is 2. The zero-order valence-electron chi connectivity index (χ0n) is 25.3. The largest absolute Gasteiger partial charge is 0.504 e. The lowest BCUT2D eigenvalue weighted by Gasteiger charge is -2.50. The van der Waals surface area contributed by atoms with E-state index in [1.807, 2.05) is 0 Å². The number of rotatable bonds is 14. The Bertz CT molecular complexity index is 1720. The Morgan fingerprint density at radius 3 is 2.56 bits per heavy atom. The van der Waals surface area contributed by atoms with Crippen LogP contribution in [0.3, 0.4) is 0 Å². The number of nitrogens with two attached hydrogens (primary N) is 1. The van der Waals surface area contributed by atoms with Crippen molar-refractivity contribution in [1.82, 2.24) is 15.2 Å². The summed E-state index contributed by atoms with van der Waals surface area (Å²) in [6.45, 7) is 1.70. The topological polar surface area (TPSA) is 242 Å². The smallest absolute Gasteiger partial charge is 0.352 e. The molecule has 3 aliphatic heterocycles. The highest BCUT2D eigenvalue weighted by Crippen LogP contribution is 2.46. The fraction of sp³-hybridized carbons (Fsp3) is 0.414. The van der Waals surface area contributed by atoms with Gasteiger partial charge in [0.05, 0.1) is 48.1 Å². The first-order valence-electron chi connectivity index (χ1n) is 14.7. The minimum Gasteiger partial charge on any atom is -0.504 e. The van der Waals surface area contributed by atoms with Crippen LogP contribution in [0.15, 0.2) is 33.9 Å². The molecule has 48 heavy (non-hydrogen) atoms. The number of phenols is 2. The number of aliphatic carboxylic acids is 2. The molecule has 7 N–H and O–H groups in total. The number of carbonyl (C=O) groups excluding carboxylic acids is 3. The molecule has 2 fully saturated rings. The number of nitrogens with zero attached hydrogens (tertiary/aromatic N) is 4. The average molecular weight is 724 g/mol. The van der Waals surface area contributed by atoms with Gasteiger partial charge < -0.3 is 40.8 Å². The summed E-state index contributed by atoms with van der Waals surface area (Å²) in [6.07, 6.45) is 1.47. The summed E-state index contributed by atoms with van der Waals surface area (Å²) < 4.78 is 0.489. The van der Waals surface area contributed by atoms with E-state index in [9.17, 15) is 39.3 Å². The van der Waals surface area contributed by atoms with Crippen molar-refractivity contribution < 1.29 is 53.7 Å². The van der Waals surface area contributed by atoms with E-state index in [0.717, 1.165) is 43.3 Å². The molecule has 0 spiro atoms.